The highest BCUT2D eigenvalue weighted by Gasteiger charge is 2.01. The normalized spacial score (nSPS) is 11.9. The van der Waals surface area contributed by atoms with E-state index in [1.54, 1.807) is 6.21 Å². The monoisotopic (exact) mass is 256 g/mol. The maximum absolute atomic E-state index is 10.4. The highest BCUT2D eigenvalue weighted by molar-refractivity contribution is 7.85. The predicted molar refractivity (Wildman–Crippen MR) is 69.6 cm³/mol. The average molecular weight is 256 g/mol. The van der Waals surface area contributed by atoms with Gasteiger partial charge in [-0.3, -0.25) is 9.55 Å². The van der Waals surface area contributed by atoms with Crippen molar-refractivity contribution in [3.8, 4) is 0 Å². The van der Waals surface area contributed by atoms with Crippen molar-refractivity contribution in [2.45, 2.75) is 0 Å². The van der Waals surface area contributed by atoms with Crippen LogP contribution in [0.4, 0.5) is 5.69 Å². The van der Waals surface area contributed by atoms with Gasteiger partial charge >= 0.3 is 0 Å². The second-order valence-corrected chi connectivity index (χ2v) is 5.38. The zero-order valence-electron chi connectivity index (χ0n) is 9.87. The molecule has 0 heterocycles. The van der Waals surface area contributed by atoms with Crippen molar-refractivity contribution in [3.05, 3.63) is 29.8 Å². The molecule has 0 fully saturated rings. The highest BCUT2D eigenvalue weighted by atomic mass is 32.2. The first-order chi connectivity index (χ1) is 7.88. The number of aliphatic imine (C=N–C) groups is 1. The predicted octanol–water partition coefficient (Wildman–Crippen LogP) is 1.06. The summed E-state index contributed by atoms with van der Waals surface area (Å²) in [6.45, 7) is 0.0638. The van der Waals surface area contributed by atoms with Crippen LogP contribution in [0.15, 0.2) is 29.3 Å². The second kappa shape index (κ2) is 5.79. The van der Waals surface area contributed by atoms with Gasteiger partial charge in [-0.25, -0.2) is 0 Å². The molecule has 0 atom stereocenters. The largest absolute Gasteiger partial charge is 0.378 e. The number of nitrogens with zero attached hydrogens (tertiary/aromatic N) is 2. The van der Waals surface area contributed by atoms with E-state index in [2.05, 4.69) is 4.99 Å². The molecule has 1 aromatic rings. The summed E-state index contributed by atoms with van der Waals surface area (Å²) < 4.78 is 29.4. The van der Waals surface area contributed by atoms with Crippen LogP contribution in [0.1, 0.15) is 5.56 Å². The number of anilines is 1. The molecule has 0 aromatic heterocycles. The van der Waals surface area contributed by atoms with Crippen LogP contribution in [0.3, 0.4) is 0 Å². The Balaban J connectivity index is 2.55. The second-order valence-electron chi connectivity index (χ2n) is 3.81. The molecule has 5 nitrogen and oxygen atoms in total. The fourth-order valence-corrected chi connectivity index (χ4v) is 1.53. The first kappa shape index (κ1) is 13.7. The molecule has 0 saturated heterocycles. The number of benzene rings is 1. The van der Waals surface area contributed by atoms with Crippen LogP contribution < -0.4 is 4.90 Å². The summed E-state index contributed by atoms with van der Waals surface area (Å²) >= 11 is 0. The molecule has 1 aromatic carbocycles. The maximum atomic E-state index is 10.4. The lowest BCUT2D eigenvalue weighted by molar-refractivity contribution is 0.483. The van der Waals surface area contributed by atoms with Crippen molar-refractivity contribution in [1.29, 1.82) is 0 Å². The molecule has 1 rings (SSSR count). The third kappa shape index (κ3) is 5.46. The van der Waals surface area contributed by atoms with Crippen molar-refractivity contribution in [3.63, 3.8) is 0 Å². The van der Waals surface area contributed by atoms with Gasteiger partial charge in [0.25, 0.3) is 10.1 Å². The van der Waals surface area contributed by atoms with E-state index in [0.29, 0.717) is 0 Å². The number of hydrogen-bond acceptors (Lipinski definition) is 4. The molecule has 0 saturated carbocycles. The van der Waals surface area contributed by atoms with Gasteiger partial charge in [0.1, 0.15) is 0 Å². The van der Waals surface area contributed by atoms with Gasteiger partial charge in [0.2, 0.25) is 0 Å². The van der Waals surface area contributed by atoms with E-state index in [4.69, 9.17) is 4.55 Å². The maximum Gasteiger partial charge on any atom is 0.266 e. The van der Waals surface area contributed by atoms with Crippen molar-refractivity contribution >= 4 is 22.0 Å². The third-order valence-corrected chi connectivity index (χ3v) is 2.83. The summed E-state index contributed by atoms with van der Waals surface area (Å²) in [6.07, 6.45) is 1.59. The van der Waals surface area contributed by atoms with Crippen molar-refractivity contribution < 1.29 is 13.0 Å². The SMILES string of the molecule is CN(C)c1ccc(C=NCCS(=O)(=O)O)cc1. The summed E-state index contributed by atoms with van der Waals surface area (Å²) in [7, 11) is -0.00978. The van der Waals surface area contributed by atoms with Gasteiger partial charge in [-0.15, -0.1) is 0 Å². The number of hydrogen-bond donors (Lipinski definition) is 1. The van der Waals surface area contributed by atoms with Gasteiger partial charge in [-0.05, 0) is 17.7 Å². The van der Waals surface area contributed by atoms with E-state index in [1.807, 2.05) is 43.3 Å². The molecule has 0 bridgehead atoms. The van der Waals surface area contributed by atoms with Crippen molar-refractivity contribution in [2.75, 3.05) is 31.3 Å². The molecule has 94 valence electrons. The summed E-state index contributed by atoms with van der Waals surface area (Å²) in [5.41, 5.74) is 1.98. The molecule has 0 amide bonds. The van der Waals surface area contributed by atoms with Crippen LogP contribution >= 0.6 is 0 Å². The van der Waals surface area contributed by atoms with E-state index >= 15 is 0 Å². The van der Waals surface area contributed by atoms with Gasteiger partial charge in [0, 0.05) is 26.0 Å². The lowest BCUT2D eigenvalue weighted by Crippen LogP contribution is -2.08. The quantitative estimate of drug-likeness (QED) is 0.631. The minimum Gasteiger partial charge on any atom is -0.378 e. The Hall–Kier alpha value is -1.40. The summed E-state index contributed by atoms with van der Waals surface area (Å²) in [5, 5.41) is 0. The van der Waals surface area contributed by atoms with E-state index in [9.17, 15) is 8.42 Å². The van der Waals surface area contributed by atoms with Crippen LogP contribution in [0, 0.1) is 0 Å². The smallest absolute Gasteiger partial charge is 0.266 e. The molecule has 6 heteroatoms. The van der Waals surface area contributed by atoms with Gasteiger partial charge in [-0.1, -0.05) is 12.1 Å². The summed E-state index contributed by atoms with van der Waals surface area (Å²) in [6, 6.07) is 7.69. The molecule has 0 aliphatic heterocycles. The van der Waals surface area contributed by atoms with Crippen LogP contribution in [-0.4, -0.2) is 45.6 Å². The Kier molecular flexibility index (Phi) is 4.65. The molecular weight excluding hydrogens is 240 g/mol. The Morgan fingerprint density at radius 3 is 2.35 bits per heavy atom. The van der Waals surface area contributed by atoms with Crippen LogP contribution in [0.25, 0.3) is 0 Å². The first-order valence-electron chi connectivity index (χ1n) is 5.11. The minimum absolute atomic E-state index is 0.0638. The minimum atomic E-state index is -3.92. The third-order valence-electron chi connectivity index (χ3n) is 2.13. The Labute approximate surface area is 102 Å². The molecule has 17 heavy (non-hydrogen) atoms. The average Bonchev–Trinajstić information content (AvgIpc) is 2.24. The number of rotatable bonds is 5. The zero-order chi connectivity index (χ0) is 12.9. The van der Waals surface area contributed by atoms with Crippen LogP contribution in [-0.2, 0) is 10.1 Å². The van der Waals surface area contributed by atoms with Gasteiger partial charge in [0.05, 0.1) is 12.3 Å². The van der Waals surface area contributed by atoms with Gasteiger partial charge in [0.15, 0.2) is 0 Å². The Morgan fingerprint density at radius 2 is 1.88 bits per heavy atom. The zero-order valence-corrected chi connectivity index (χ0v) is 10.7. The Bertz CT molecular complexity index is 478. The van der Waals surface area contributed by atoms with Gasteiger partial charge in [-0.2, -0.15) is 8.42 Å². The molecule has 0 unspecified atom stereocenters. The lowest BCUT2D eigenvalue weighted by Gasteiger charge is -2.11. The molecular formula is C11H16N2O3S. The van der Waals surface area contributed by atoms with Crippen LogP contribution in [0.5, 0.6) is 0 Å². The molecule has 0 spiro atoms. The fraction of sp³-hybridized carbons (Fsp3) is 0.364. The van der Waals surface area contributed by atoms with E-state index < -0.39 is 10.1 Å². The van der Waals surface area contributed by atoms with Gasteiger partial charge < -0.3 is 4.90 Å². The molecule has 1 N–H and O–H groups in total. The topological polar surface area (TPSA) is 70.0 Å². The van der Waals surface area contributed by atoms with E-state index in [1.165, 1.54) is 0 Å². The van der Waals surface area contributed by atoms with Crippen LogP contribution in [0.2, 0.25) is 0 Å². The van der Waals surface area contributed by atoms with Crippen molar-refractivity contribution in [2.24, 2.45) is 4.99 Å². The van der Waals surface area contributed by atoms with Crippen molar-refractivity contribution in [1.82, 2.24) is 0 Å². The van der Waals surface area contributed by atoms with E-state index in [-0.39, 0.29) is 12.3 Å². The molecule has 0 aliphatic carbocycles. The first-order valence-corrected chi connectivity index (χ1v) is 6.72. The van der Waals surface area contributed by atoms with E-state index in [0.717, 1.165) is 11.3 Å². The molecule has 0 aliphatic rings. The molecule has 0 radical (unpaired) electrons. The Morgan fingerprint density at radius 1 is 1.29 bits per heavy atom. The lowest BCUT2D eigenvalue weighted by atomic mass is 10.2. The summed E-state index contributed by atoms with van der Waals surface area (Å²) in [5.74, 6) is -0.348. The fourth-order valence-electron chi connectivity index (χ4n) is 1.20. The summed E-state index contributed by atoms with van der Waals surface area (Å²) in [4.78, 5) is 5.91. The standard InChI is InChI=1S/C11H16N2O3S/c1-13(2)11-5-3-10(4-6-11)9-12-7-8-17(14,15)16/h3-6,9H,7-8H2,1-2H3,(H,14,15,16). The highest BCUT2D eigenvalue weighted by Crippen LogP contribution is 2.10.